The number of Topliss-reactive ketones (excluding diaryl/α,β-unsaturated/α-hetero) is 1. The summed E-state index contributed by atoms with van der Waals surface area (Å²) < 4.78 is 10.5. The normalized spacial score (nSPS) is 10.9. The van der Waals surface area contributed by atoms with E-state index in [0.717, 1.165) is 27.0 Å². The lowest BCUT2D eigenvalue weighted by atomic mass is 10.1. The van der Waals surface area contributed by atoms with E-state index in [2.05, 4.69) is 0 Å². The molecule has 2 aromatic heterocycles. The molecule has 0 aliphatic heterocycles. The minimum absolute atomic E-state index is 0.0901. The van der Waals surface area contributed by atoms with Crippen LogP contribution in [0.2, 0.25) is 0 Å². The van der Waals surface area contributed by atoms with Gasteiger partial charge in [0.1, 0.15) is 5.58 Å². The van der Waals surface area contributed by atoms with Gasteiger partial charge in [0, 0.05) is 15.8 Å². The van der Waals surface area contributed by atoms with Crippen LogP contribution in [0, 0.1) is 13.8 Å². The van der Waals surface area contributed by atoms with E-state index in [0.29, 0.717) is 4.88 Å². The predicted octanol–water partition coefficient (Wildman–Crippen LogP) is 4.08. The molecule has 1 aromatic carbocycles. The quantitative estimate of drug-likeness (QED) is 0.523. The lowest BCUT2D eigenvalue weighted by molar-refractivity contribution is -0.141. The molecule has 0 aliphatic rings. The maximum Gasteiger partial charge on any atom is 0.310 e. The highest BCUT2D eigenvalue weighted by Crippen LogP contribution is 2.23. The third kappa shape index (κ3) is 3.51. The summed E-state index contributed by atoms with van der Waals surface area (Å²) in [6.07, 6.45) is 1.66. The van der Waals surface area contributed by atoms with Gasteiger partial charge in [-0.3, -0.25) is 9.59 Å². The van der Waals surface area contributed by atoms with Gasteiger partial charge in [0.05, 0.1) is 17.6 Å². The molecule has 0 amide bonds. The molecule has 0 saturated heterocycles. The molecule has 3 aromatic rings. The van der Waals surface area contributed by atoms with Crippen LogP contribution in [0.5, 0.6) is 0 Å². The molecule has 0 unspecified atom stereocenters. The Labute approximate surface area is 137 Å². The van der Waals surface area contributed by atoms with E-state index >= 15 is 0 Å². The Morgan fingerprint density at radius 3 is 2.74 bits per heavy atom. The molecule has 0 saturated carbocycles. The maximum atomic E-state index is 11.9. The molecular formula is C18H16O4S. The second-order valence-electron chi connectivity index (χ2n) is 5.43. The van der Waals surface area contributed by atoms with Crippen LogP contribution < -0.4 is 0 Å². The number of aryl methyl sites for hydroxylation is 2. The maximum absolute atomic E-state index is 11.9. The van der Waals surface area contributed by atoms with E-state index in [9.17, 15) is 9.59 Å². The highest BCUT2D eigenvalue weighted by atomic mass is 32.1. The number of carbonyl (C=O) groups excluding carboxylic acids is 2. The van der Waals surface area contributed by atoms with Crippen molar-refractivity contribution in [1.29, 1.82) is 0 Å². The number of benzene rings is 1. The molecule has 2 heterocycles. The highest BCUT2D eigenvalue weighted by molar-refractivity contribution is 7.14. The van der Waals surface area contributed by atoms with Crippen molar-refractivity contribution in [3.63, 3.8) is 0 Å². The van der Waals surface area contributed by atoms with E-state index in [1.54, 1.807) is 12.3 Å². The SMILES string of the molecule is Cc1ccc2c(CC(=O)OCC(=O)c3ccc(C)s3)coc2c1. The monoisotopic (exact) mass is 328 g/mol. The van der Waals surface area contributed by atoms with Crippen molar-refractivity contribution in [2.75, 3.05) is 6.61 Å². The summed E-state index contributed by atoms with van der Waals surface area (Å²) in [5.41, 5.74) is 2.61. The number of rotatable bonds is 5. The van der Waals surface area contributed by atoms with Gasteiger partial charge < -0.3 is 9.15 Å². The number of ether oxygens (including phenoxy) is 1. The second kappa shape index (κ2) is 6.38. The van der Waals surface area contributed by atoms with Gasteiger partial charge in [0.15, 0.2) is 6.61 Å². The molecule has 118 valence electrons. The summed E-state index contributed by atoms with van der Waals surface area (Å²) in [6, 6.07) is 9.44. The van der Waals surface area contributed by atoms with Crippen LogP contribution in [-0.4, -0.2) is 18.4 Å². The summed E-state index contributed by atoms with van der Waals surface area (Å²) in [4.78, 5) is 25.5. The summed E-state index contributed by atoms with van der Waals surface area (Å²) in [5.74, 6) is -0.612. The highest BCUT2D eigenvalue weighted by Gasteiger charge is 2.14. The van der Waals surface area contributed by atoms with E-state index in [-0.39, 0.29) is 18.8 Å². The topological polar surface area (TPSA) is 56.5 Å². The van der Waals surface area contributed by atoms with Crippen molar-refractivity contribution in [3.8, 4) is 0 Å². The van der Waals surface area contributed by atoms with Gasteiger partial charge >= 0.3 is 5.97 Å². The minimum Gasteiger partial charge on any atom is -0.464 e. The van der Waals surface area contributed by atoms with Gasteiger partial charge in [-0.25, -0.2) is 0 Å². The first-order valence-electron chi connectivity index (χ1n) is 7.25. The molecule has 0 radical (unpaired) electrons. The van der Waals surface area contributed by atoms with Gasteiger partial charge in [0.25, 0.3) is 0 Å². The van der Waals surface area contributed by atoms with Crippen LogP contribution in [0.25, 0.3) is 11.0 Å². The number of ketones is 1. The number of thiophene rings is 1. The van der Waals surface area contributed by atoms with Gasteiger partial charge in [-0.2, -0.15) is 0 Å². The average Bonchev–Trinajstić information content (AvgIpc) is 3.11. The van der Waals surface area contributed by atoms with Crippen LogP contribution in [0.3, 0.4) is 0 Å². The summed E-state index contributed by atoms with van der Waals surface area (Å²) >= 11 is 1.40. The molecule has 4 nitrogen and oxygen atoms in total. The molecule has 0 aliphatic carbocycles. The first-order valence-corrected chi connectivity index (χ1v) is 8.06. The van der Waals surface area contributed by atoms with Crippen LogP contribution in [0.4, 0.5) is 0 Å². The fourth-order valence-electron chi connectivity index (χ4n) is 2.34. The molecule has 23 heavy (non-hydrogen) atoms. The zero-order valence-electron chi connectivity index (χ0n) is 12.9. The van der Waals surface area contributed by atoms with Crippen molar-refractivity contribution < 1.29 is 18.7 Å². The molecule has 0 atom stereocenters. The molecule has 0 N–H and O–H groups in total. The standard InChI is InChI=1S/C18H16O4S/c1-11-3-5-14-13(9-21-16(14)7-11)8-18(20)22-10-15(19)17-6-4-12(2)23-17/h3-7,9H,8,10H2,1-2H3. The number of fused-ring (bicyclic) bond motifs is 1. The van der Waals surface area contributed by atoms with E-state index in [1.807, 2.05) is 38.1 Å². The number of hydrogen-bond donors (Lipinski definition) is 0. The zero-order chi connectivity index (χ0) is 16.4. The van der Waals surface area contributed by atoms with Crippen molar-refractivity contribution >= 4 is 34.1 Å². The average molecular weight is 328 g/mol. The number of esters is 1. The van der Waals surface area contributed by atoms with Crippen molar-refractivity contribution in [2.45, 2.75) is 20.3 Å². The van der Waals surface area contributed by atoms with E-state index in [4.69, 9.17) is 9.15 Å². The molecule has 0 fully saturated rings. The lowest BCUT2D eigenvalue weighted by Gasteiger charge is -2.02. The van der Waals surface area contributed by atoms with Crippen LogP contribution in [-0.2, 0) is 16.0 Å². The van der Waals surface area contributed by atoms with E-state index in [1.165, 1.54) is 11.3 Å². The van der Waals surface area contributed by atoms with Crippen molar-refractivity contribution in [2.24, 2.45) is 0 Å². The van der Waals surface area contributed by atoms with Gasteiger partial charge in [-0.15, -0.1) is 11.3 Å². The van der Waals surface area contributed by atoms with Crippen LogP contribution in [0.15, 0.2) is 41.0 Å². The van der Waals surface area contributed by atoms with Gasteiger partial charge in [-0.1, -0.05) is 12.1 Å². The summed E-state index contributed by atoms with van der Waals surface area (Å²) in [7, 11) is 0. The number of carbonyl (C=O) groups is 2. The van der Waals surface area contributed by atoms with Crippen LogP contribution in [0.1, 0.15) is 25.7 Å². The Balaban J connectivity index is 1.61. The fourth-order valence-corrected chi connectivity index (χ4v) is 3.13. The first-order chi connectivity index (χ1) is 11.0. The largest absolute Gasteiger partial charge is 0.464 e. The molecule has 0 bridgehead atoms. The Bertz CT molecular complexity index is 872. The predicted molar refractivity (Wildman–Crippen MR) is 89.0 cm³/mol. The Morgan fingerprint density at radius 2 is 2.00 bits per heavy atom. The fraction of sp³-hybridized carbons (Fsp3) is 0.222. The second-order valence-corrected chi connectivity index (χ2v) is 6.72. The van der Waals surface area contributed by atoms with Crippen molar-refractivity contribution in [3.05, 3.63) is 57.5 Å². The zero-order valence-corrected chi connectivity index (χ0v) is 13.7. The smallest absolute Gasteiger partial charge is 0.310 e. The van der Waals surface area contributed by atoms with Crippen molar-refractivity contribution in [1.82, 2.24) is 0 Å². The Kier molecular flexibility index (Phi) is 4.30. The number of furan rings is 1. The molecule has 0 spiro atoms. The summed E-state index contributed by atoms with van der Waals surface area (Å²) in [5, 5.41) is 0.896. The molecular weight excluding hydrogens is 312 g/mol. The van der Waals surface area contributed by atoms with E-state index < -0.39 is 5.97 Å². The van der Waals surface area contributed by atoms with Gasteiger partial charge in [-0.05, 0) is 37.6 Å². The third-order valence-electron chi connectivity index (χ3n) is 3.53. The first kappa shape index (κ1) is 15.5. The third-order valence-corrected chi connectivity index (χ3v) is 4.57. The number of hydrogen-bond acceptors (Lipinski definition) is 5. The van der Waals surface area contributed by atoms with Gasteiger partial charge in [0.2, 0.25) is 5.78 Å². The molecule has 5 heteroatoms. The molecule has 3 rings (SSSR count). The Hall–Kier alpha value is -2.40. The lowest BCUT2D eigenvalue weighted by Crippen LogP contribution is -2.14. The Morgan fingerprint density at radius 1 is 1.17 bits per heavy atom. The summed E-state index contributed by atoms with van der Waals surface area (Å²) in [6.45, 7) is 3.68. The van der Waals surface area contributed by atoms with Crippen LogP contribution >= 0.6 is 11.3 Å². The minimum atomic E-state index is -0.435.